The van der Waals surface area contributed by atoms with E-state index in [1.54, 1.807) is 0 Å². The van der Waals surface area contributed by atoms with Crippen molar-refractivity contribution in [2.75, 3.05) is 23.9 Å². The minimum absolute atomic E-state index is 0.440. The third-order valence-corrected chi connectivity index (χ3v) is 15.9. The number of hydrogen-bond acceptors (Lipinski definition) is 2. The molecule has 0 aromatic heterocycles. The lowest BCUT2D eigenvalue weighted by Crippen LogP contribution is -2.26. The van der Waals surface area contributed by atoms with E-state index in [2.05, 4.69) is 267 Å². The zero-order valence-corrected chi connectivity index (χ0v) is 39.9. The van der Waals surface area contributed by atoms with Crippen molar-refractivity contribution in [3.05, 3.63) is 285 Å². The molecule has 0 saturated heterocycles. The summed E-state index contributed by atoms with van der Waals surface area (Å²) in [7, 11) is 4.37. The molecule has 2 aliphatic carbocycles. The van der Waals surface area contributed by atoms with E-state index in [0.717, 1.165) is 12.8 Å². The second-order valence-electron chi connectivity index (χ2n) is 19.8. The molecule has 0 N–H and O–H groups in total. The number of benzene rings is 10. The largest absolute Gasteiger partial charge is 0.344 e. The monoisotopic (exact) mass is 906 g/mol. The van der Waals surface area contributed by atoms with Crippen molar-refractivity contribution in [2.45, 2.75) is 18.3 Å². The van der Waals surface area contributed by atoms with Gasteiger partial charge in [0.25, 0.3) is 0 Å². The Hall–Kier alpha value is -8.72. The summed E-state index contributed by atoms with van der Waals surface area (Å²) >= 11 is 0. The lowest BCUT2D eigenvalue weighted by atomic mass is 9.70. The van der Waals surface area contributed by atoms with Crippen LogP contribution < -0.4 is 9.80 Å². The standard InChI is InChI=1S/C69H50N2/c1-70-65-17-9-3-11-53(65)41-55-35-33-51(43-67(55)70)49-29-23-45(24-30-49)19-21-47-27-37-59-60-38-28-48(40-64(60)69(63(59)39-47)61-15-7-5-13-57(61)58-14-6-8-16-62(58)69)22-20-46-25-31-50(32-26-46)52-34-36-56-42-54-12-4-10-18-66(54)71(2)68(56)44-52/h3-40,43-44H,41-42H2,1-2H3. The van der Waals surface area contributed by atoms with E-state index in [1.807, 2.05) is 0 Å². The van der Waals surface area contributed by atoms with Crippen LogP contribution in [0, 0.1) is 0 Å². The first-order valence-corrected chi connectivity index (χ1v) is 24.9. The van der Waals surface area contributed by atoms with Gasteiger partial charge < -0.3 is 9.80 Å². The van der Waals surface area contributed by atoms with Gasteiger partial charge in [0, 0.05) is 49.7 Å². The molecule has 10 aromatic rings. The number of nitrogens with zero attached hydrogens (tertiary/aromatic N) is 2. The predicted molar refractivity (Wildman–Crippen MR) is 299 cm³/mol. The average molecular weight is 907 g/mol. The second-order valence-corrected chi connectivity index (χ2v) is 19.8. The Morgan fingerprint density at radius 3 is 1.11 bits per heavy atom. The zero-order chi connectivity index (χ0) is 47.2. The van der Waals surface area contributed by atoms with E-state index in [1.165, 1.54) is 134 Å². The summed E-state index contributed by atoms with van der Waals surface area (Å²) in [5.41, 5.74) is 30.5. The van der Waals surface area contributed by atoms with Gasteiger partial charge in [-0.25, -0.2) is 0 Å². The quantitative estimate of drug-likeness (QED) is 0.153. The van der Waals surface area contributed by atoms with E-state index >= 15 is 0 Å². The van der Waals surface area contributed by atoms with E-state index in [9.17, 15) is 0 Å². The Kier molecular flexibility index (Phi) is 9.41. The van der Waals surface area contributed by atoms with Crippen LogP contribution in [-0.2, 0) is 18.3 Å². The van der Waals surface area contributed by atoms with Crippen molar-refractivity contribution in [2.24, 2.45) is 0 Å². The fourth-order valence-electron chi connectivity index (χ4n) is 12.4. The summed E-state index contributed by atoms with van der Waals surface area (Å²) in [5, 5.41) is 0. The van der Waals surface area contributed by atoms with Crippen LogP contribution in [0.5, 0.6) is 0 Å². The molecule has 2 heterocycles. The number of fused-ring (bicyclic) bond motifs is 14. The second kappa shape index (κ2) is 16.2. The predicted octanol–water partition coefficient (Wildman–Crippen LogP) is 17.0. The van der Waals surface area contributed by atoms with Crippen LogP contribution in [0.2, 0.25) is 0 Å². The molecule has 0 saturated carbocycles. The molecule has 14 rings (SSSR count). The number of para-hydroxylation sites is 2. The van der Waals surface area contributed by atoms with Gasteiger partial charge in [0.2, 0.25) is 0 Å². The molecular formula is C69H50N2. The average Bonchev–Trinajstić information content (AvgIpc) is 3.90. The van der Waals surface area contributed by atoms with Crippen molar-refractivity contribution >= 4 is 47.1 Å². The summed E-state index contributed by atoms with van der Waals surface area (Å²) in [6.07, 6.45) is 11.0. The van der Waals surface area contributed by atoms with Crippen LogP contribution >= 0.6 is 0 Å². The lowest BCUT2D eigenvalue weighted by Gasteiger charge is -2.30. The van der Waals surface area contributed by atoms with Crippen LogP contribution in [0.4, 0.5) is 22.7 Å². The summed E-state index contributed by atoms with van der Waals surface area (Å²) in [6.45, 7) is 0. The highest BCUT2D eigenvalue weighted by atomic mass is 15.1. The Morgan fingerprint density at radius 1 is 0.296 bits per heavy atom. The molecule has 0 fully saturated rings. The van der Waals surface area contributed by atoms with Crippen molar-refractivity contribution in [3.8, 4) is 44.5 Å². The van der Waals surface area contributed by atoms with Gasteiger partial charge in [-0.1, -0.05) is 206 Å². The van der Waals surface area contributed by atoms with Gasteiger partial charge in [0.1, 0.15) is 0 Å². The summed E-state index contributed by atoms with van der Waals surface area (Å²) in [6, 6.07) is 81.7. The zero-order valence-electron chi connectivity index (χ0n) is 39.9. The SMILES string of the molecule is CN1c2ccccc2Cc2ccc(-c3ccc(C=Cc4ccc5c(c4)C4(c6ccccc6-c6ccccc64)c4cc(C=Cc6ccc(-c7ccc8c(c7)N(C)c7ccccc7C8)cc6)ccc4-5)cc3)cc21. The molecule has 71 heavy (non-hydrogen) atoms. The highest BCUT2D eigenvalue weighted by Crippen LogP contribution is 2.63. The summed E-state index contributed by atoms with van der Waals surface area (Å²) < 4.78 is 0. The number of anilines is 4. The molecule has 4 aliphatic rings. The van der Waals surface area contributed by atoms with Gasteiger partial charge in [-0.3, -0.25) is 0 Å². The molecule has 1 spiro atoms. The maximum Gasteiger partial charge on any atom is 0.0725 e. The van der Waals surface area contributed by atoms with Crippen molar-refractivity contribution in [1.82, 2.24) is 0 Å². The van der Waals surface area contributed by atoms with Crippen LogP contribution in [0.15, 0.2) is 218 Å². The molecule has 2 heteroatoms. The third-order valence-electron chi connectivity index (χ3n) is 15.9. The number of rotatable bonds is 6. The summed E-state index contributed by atoms with van der Waals surface area (Å²) in [4.78, 5) is 4.67. The van der Waals surface area contributed by atoms with Crippen LogP contribution in [0.1, 0.15) is 66.8 Å². The molecule has 0 amide bonds. The topological polar surface area (TPSA) is 6.48 Å². The van der Waals surface area contributed by atoms with Gasteiger partial charge in [-0.15, -0.1) is 0 Å². The first kappa shape index (κ1) is 41.3. The van der Waals surface area contributed by atoms with Crippen LogP contribution in [0.3, 0.4) is 0 Å². The lowest BCUT2D eigenvalue weighted by molar-refractivity contribution is 0.793. The highest BCUT2D eigenvalue weighted by molar-refractivity contribution is 5.96. The van der Waals surface area contributed by atoms with Gasteiger partial charge in [-0.05, 0) is 148 Å². The molecule has 10 aromatic carbocycles. The van der Waals surface area contributed by atoms with Gasteiger partial charge >= 0.3 is 0 Å². The van der Waals surface area contributed by atoms with Crippen LogP contribution in [-0.4, -0.2) is 14.1 Å². The van der Waals surface area contributed by atoms with Gasteiger partial charge in [-0.2, -0.15) is 0 Å². The molecule has 0 unspecified atom stereocenters. The Labute approximate surface area is 416 Å². The van der Waals surface area contributed by atoms with E-state index in [-0.39, 0.29) is 0 Å². The molecule has 0 atom stereocenters. The van der Waals surface area contributed by atoms with Crippen LogP contribution in [0.25, 0.3) is 68.8 Å². The molecule has 2 aliphatic heterocycles. The Balaban J connectivity index is 0.767. The fraction of sp³-hybridized carbons (Fsp3) is 0.0725. The minimum Gasteiger partial charge on any atom is -0.344 e. The Morgan fingerprint density at radius 2 is 0.648 bits per heavy atom. The van der Waals surface area contributed by atoms with E-state index in [0.29, 0.717) is 0 Å². The van der Waals surface area contributed by atoms with Crippen molar-refractivity contribution in [3.63, 3.8) is 0 Å². The molecule has 2 nitrogen and oxygen atoms in total. The molecular weight excluding hydrogens is 857 g/mol. The maximum absolute atomic E-state index is 2.46. The minimum atomic E-state index is -0.440. The van der Waals surface area contributed by atoms with Crippen molar-refractivity contribution in [1.29, 1.82) is 0 Å². The van der Waals surface area contributed by atoms with Gasteiger partial charge in [0.15, 0.2) is 0 Å². The highest BCUT2D eigenvalue weighted by Gasteiger charge is 2.51. The first-order chi connectivity index (χ1) is 35.0. The van der Waals surface area contributed by atoms with E-state index in [4.69, 9.17) is 0 Å². The molecule has 0 bridgehead atoms. The number of hydrogen-bond donors (Lipinski definition) is 0. The van der Waals surface area contributed by atoms with Gasteiger partial charge in [0.05, 0.1) is 5.41 Å². The van der Waals surface area contributed by atoms with E-state index < -0.39 is 5.41 Å². The first-order valence-electron chi connectivity index (χ1n) is 24.9. The smallest absolute Gasteiger partial charge is 0.0725 e. The van der Waals surface area contributed by atoms with Crippen molar-refractivity contribution < 1.29 is 0 Å². The normalized spacial score (nSPS) is 14.2. The molecule has 0 radical (unpaired) electrons. The maximum atomic E-state index is 2.46. The Bertz CT molecular complexity index is 3600. The third kappa shape index (κ3) is 6.55. The summed E-state index contributed by atoms with van der Waals surface area (Å²) in [5.74, 6) is 0. The fourth-order valence-corrected chi connectivity index (χ4v) is 12.4. The molecule has 336 valence electrons.